The molecule has 4 rings (SSSR count). The van der Waals surface area contributed by atoms with E-state index in [0.717, 1.165) is 0 Å². The van der Waals surface area contributed by atoms with Crippen molar-refractivity contribution in [2.75, 3.05) is 25.0 Å². The Labute approximate surface area is 185 Å². The number of amides is 1. The molecule has 0 aliphatic carbocycles. The van der Waals surface area contributed by atoms with Crippen molar-refractivity contribution >= 4 is 17.5 Å². The number of halogens is 1. The molecule has 7 nitrogen and oxygen atoms in total. The number of para-hydroxylation sites is 1. The first-order valence-electron chi connectivity index (χ1n) is 10.6. The van der Waals surface area contributed by atoms with Gasteiger partial charge in [-0.3, -0.25) is 14.5 Å². The third-order valence-corrected chi connectivity index (χ3v) is 5.66. The Morgan fingerprint density at radius 2 is 1.81 bits per heavy atom. The summed E-state index contributed by atoms with van der Waals surface area (Å²) in [4.78, 5) is 27.3. The molecule has 1 amide bonds. The second-order valence-electron chi connectivity index (χ2n) is 8.04. The van der Waals surface area contributed by atoms with Crippen LogP contribution in [-0.4, -0.2) is 51.1 Å². The van der Waals surface area contributed by atoms with Crippen LogP contribution in [0.15, 0.2) is 54.6 Å². The number of anilines is 1. The van der Waals surface area contributed by atoms with Crippen molar-refractivity contribution in [3.05, 3.63) is 71.7 Å². The summed E-state index contributed by atoms with van der Waals surface area (Å²) in [6, 6.07) is 14.3. The molecule has 2 heterocycles. The summed E-state index contributed by atoms with van der Waals surface area (Å²) >= 11 is 0. The highest BCUT2D eigenvalue weighted by molar-refractivity contribution is 5.98. The molecule has 8 heteroatoms. The zero-order valence-electron chi connectivity index (χ0n) is 17.8. The maximum absolute atomic E-state index is 14.2. The molecule has 32 heavy (non-hydrogen) atoms. The Hall–Kier alpha value is -3.52. The van der Waals surface area contributed by atoms with Gasteiger partial charge >= 0.3 is 0 Å². The number of aromatic hydroxyl groups is 1. The van der Waals surface area contributed by atoms with Gasteiger partial charge in [-0.2, -0.15) is 5.10 Å². The molecule has 2 aromatic carbocycles. The van der Waals surface area contributed by atoms with Crippen LogP contribution in [0, 0.1) is 18.7 Å². The molecule has 1 fully saturated rings. The van der Waals surface area contributed by atoms with Crippen molar-refractivity contribution < 1.29 is 19.1 Å². The van der Waals surface area contributed by atoms with E-state index in [9.17, 15) is 19.1 Å². The van der Waals surface area contributed by atoms with E-state index in [4.69, 9.17) is 0 Å². The normalized spacial score (nSPS) is 14.9. The van der Waals surface area contributed by atoms with Crippen LogP contribution in [0.2, 0.25) is 0 Å². The average molecular weight is 436 g/mol. The quantitative estimate of drug-likeness (QED) is 0.577. The topological polar surface area (TPSA) is 87.5 Å². The minimum absolute atomic E-state index is 0.0679. The van der Waals surface area contributed by atoms with E-state index < -0.39 is 5.82 Å². The van der Waals surface area contributed by atoms with Crippen LogP contribution in [-0.2, 0) is 4.79 Å². The predicted octanol–water partition coefficient (Wildman–Crippen LogP) is 3.56. The van der Waals surface area contributed by atoms with Crippen molar-refractivity contribution in [3.8, 4) is 11.4 Å². The number of nitrogens with zero attached hydrogens (tertiary/aromatic N) is 3. The number of Topliss-reactive ketones (excluding diaryl/α,β-unsaturated/α-hetero) is 1. The highest BCUT2D eigenvalue weighted by Gasteiger charge is 2.27. The first-order valence-corrected chi connectivity index (χ1v) is 10.6. The molecule has 0 unspecified atom stereocenters. The maximum atomic E-state index is 14.2. The molecule has 0 saturated carbocycles. The lowest BCUT2D eigenvalue weighted by Gasteiger charge is -2.30. The van der Waals surface area contributed by atoms with E-state index in [1.54, 1.807) is 43.3 Å². The van der Waals surface area contributed by atoms with E-state index in [-0.39, 0.29) is 35.6 Å². The Morgan fingerprint density at radius 1 is 1.12 bits per heavy atom. The van der Waals surface area contributed by atoms with Crippen molar-refractivity contribution in [3.63, 3.8) is 0 Å². The molecule has 0 atom stereocenters. The van der Waals surface area contributed by atoms with Gasteiger partial charge in [0.2, 0.25) is 5.91 Å². The summed E-state index contributed by atoms with van der Waals surface area (Å²) in [6.45, 7) is 3.23. The van der Waals surface area contributed by atoms with E-state index in [2.05, 4.69) is 10.4 Å². The minimum Gasteiger partial charge on any atom is -0.508 e. The number of phenols is 1. The fourth-order valence-electron chi connectivity index (χ4n) is 4.00. The van der Waals surface area contributed by atoms with Gasteiger partial charge in [0.15, 0.2) is 5.78 Å². The highest BCUT2D eigenvalue weighted by Crippen LogP contribution is 2.23. The van der Waals surface area contributed by atoms with Crippen molar-refractivity contribution in [2.24, 2.45) is 5.92 Å². The fraction of sp³-hybridized carbons (Fsp3) is 0.292. The summed E-state index contributed by atoms with van der Waals surface area (Å²) in [5, 5.41) is 16.5. The summed E-state index contributed by atoms with van der Waals surface area (Å²) in [7, 11) is 0. The number of ketones is 1. The molecule has 0 spiro atoms. The number of carbonyl (C=O) groups is 2. The first-order chi connectivity index (χ1) is 15.4. The van der Waals surface area contributed by atoms with Gasteiger partial charge in [-0.05, 0) is 69.3 Å². The van der Waals surface area contributed by atoms with Gasteiger partial charge in [0.05, 0.1) is 12.2 Å². The van der Waals surface area contributed by atoms with E-state index in [1.165, 1.54) is 22.9 Å². The molecule has 0 radical (unpaired) electrons. The number of benzene rings is 2. The van der Waals surface area contributed by atoms with Crippen molar-refractivity contribution in [2.45, 2.75) is 19.8 Å². The fourth-order valence-corrected chi connectivity index (χ4v) is 4.00. The minimum atomic E-state index is -0.425. The standard InChI is InChI=1S/C24H25FN4O3/c1-16-14-22(29(27-16)21-5-3-2-4-20(21)25)26-23(31)15-28-12-10-18(11-13-28)24(32)17-6-8-19(30)9-7-17/h2-9,14,18,30H,10-13,15H2,1H3,(H,26,31). The van der Waals surface area contributed by atoms with Crippen molar-refractivity contribution in [1.82, 2.24) is 14.7 Å². The van der Waals surface area contributed by atoms with E-state index >= 15 is 0 Å². The summed E-state index contributed by atoms with van der Waals surface area (Å²) in [6.07, 6.45) is 1.33. The summed E-state index contributed by atoms with van der Waals surface area (Å²) < 4.78 is 15.6. The number of carbonyl (C=O) groups excluding carboxylic acids is 2. The zero-order valence-corrected chi connectivity index (χ0v) is 17.8. The third kappa shape index (κ3) is 4.86. The summed E-state index contributed by atoms with van der Waals surface area (Å²) in [5.74, 6) is -0.122. The number of hydrogen-bond donors (Lipinski definition) is 2. The van der Waals surface area contributed by atoms with Gasteiger partial charge in [0, 0.05) is 17.5 Å². The number of piperidine rings is 1. The van der Waals surface area contributed by atoms with Crippen LogP contribution in [0.3, 0.4) is 0 Å². The van der Waals surface area contributed by atoms with Gasteiger partial charge < -0.3 is 10.4 Å². The lowest BCUT2D eigenvalue weighted by molar-refractivity contribution is -0.117. The molecular formula is C24H25FN4O3. The average Bonchev–Trinajstić information content (AvgIpc) is 3.14. The smallest absolute Gasteiger partial charge is 0.239 e. The summed E-state index contributed by atoms with van der Waals surface area (Å²) in [5.41, 5.74) is 1.53. The Kier molecular flexibility index (Phi) is 6.32. The largest absolute Gasteiger partial charge is 0.508 e. The lowest BCUT2D eigenvalue weighted by atomic mass is 9.89. The molecule has 166 valence electrons. The van der Waals surface area contributed by atoms with Gasteiger partial charge in [-0.1, -0.05) is 12.1 Å². The van der Waals surface area contributed by atoms with Gasteiger partial charge in [-0.25, -0.2) is 9.07 Å². The second-order valence-corrected chi connectivity index (χ2v) is 8.04. The molecule has 1 aliphatic heterocycles. The van der Waals surface area contributed by atoms with E-state index in [0.29, 0.717) is 43.0 Å². The van der Waals surface area contributed by atoms with Crippen LogP contribution in [0.1, 0.15) is 28.9 Å². The number of nitrogens with one attached hydrogen (secondary N) is 1. The Bertz CT molecular complexity index is 1120. The SMILES string of the molecule is Cc1cc(NC(=O)CN2CCC(C(=O)c3ccc(O)cc3)CC2)n(-c2ccccc2F)n1. The molecule has 1 saturated heterocycles. The Morgan fingerprint density at radius 3 is 2.50 bits per heavy atom. The Balaban J connectivity index is 1.34. The number of aryl methyl sites for hydroxylation is 1. The van der Waals surface area contributed by atoms with Gasteiger partial charge in [0.25, 0.3) is 0 Å². The number of likely N-dealkylation sites (tertiary alicyclic amines) is 1. The second kappa shape index (κ2) is 9.32. The first kappa shape index (κ1) is 21.7. The van der Waals surface area contributed by atoms with Gasteiger partial charge in [-0.15, -0.1) is 0 Å². The van der Waals surface area contributed by atoms with E-state index in [1.807, 2.05) is 4.90 Å². The number of rotatable bonds is 6. The molecule has 1 aromatic heterocycles. The molecule has 1 aliphatic rings. The van der Waals surface area contributed by atoms with Crippen LogP contribution >= 0.6 is 0 Å². The van der Waals surface area contributed by atoms with Gasteiger partial charge in [0.1, 0.15) is 23.1 Å². The number of phenolic OH excluding ortho intramolecular Hbond substituents is 1. The highest BCUT2D eigenvalue weighted by atomic mass is 19.1. The van der Waals surface area contributed by atoms with Crippen LogP contribution < -0.4 is 5.32 Å². The van der Waals surface area contributed by atoms with Crippen LogP contribution in [0.5, 0.6) is 5.75 Å². The lowest BCUT2D eigenvalue weighted by Crippen LogP contribution is -2.41. The number of aromatic nitrogens is 2. The molecule has 0 bridgehead atoms. The molecular weight excluding hydrogens is 411 g/mol. The van der Waals surface area contributed by atoms with Crippen LogP contribution in [0.4, 0.5) is 10.2 Å². The van der Waals surface area contributed by atoms with Crippen molar-refractivity contribution in [1.29, 1.82) is 0 Å². The van der Waals surface area contributed by atoms with Crippen LogP contribution in [0.25, 0.3) is 5.69 Å². The molecule has 2 N–H and O–H groups in total. The molecule has 3 aromatic rings. The number of hydrogen-bond acceptors (Lipinski definition) is 5. The predicted molar refractivity (Wildman–Crippen MR) is 118 cm³/mol. The zero-order chi connectivity index (χ0) is 22.7. The monoisotopic (exact) mass is 436 g/mol. The third-order valence-electron chi connectivity index (χ3n) is 5.66. The maximum Gasteiger partial charge on any atom is 0.239 e.